The van der Waals surface area contributed by atoms with Gasteiger partial charge in [-0.15, -0.1) is 0 Å². The fraction of sp³-hybridized carbons (Fsp3) is 0.778. The molecule has 76 valence electrons. The maximum absolute atomic E-state index is 12.3. The normalized spacial score (nSPS) is 11.8. The van der Waals surface area contributed by atoms with Gasteiger partial charge in [0.05, 0.1) is 6.42 Å². The van der Waals surface area contributed by atoms with E-state index in [1.54, 1.807) is 13.8 Å². The van der Waals surface area contributed by atoms with Crippen molar-refractivity contribution in [3.05, 3.63) is 0 Å². The van der Waals surface area contributed by atoms with Crippen LogP contribution >= 0.6 is 0 Å². The summed E-state index contributed by atoms with van der Waals surface area (Å²) in [5.74, 6) is -4.99. The Morgan fingerprint density at radius 2 is 1.77 bits per heavy atom. The molecule has 0 amide bonds. The first-order valence-corrected chi connectivity index (χ1v) is 4.16. The Bertz CT molecular complexity index is 204. The Morgan fingerprint density at radius 3 is 2.08 bits per heavy atom. The van der Waals surface area contributed by atoms with Crippen molar-refractivity contribution in [1.82, 2.24) is 0 Å². The predicted octanol–water partition coefficient (Wildman–Crippen LogP) is 2.22. The quantitative estimate of drug-likeness (QED) is 0.626. The summed E-state index contributed by atoms with van der Waals surface area (Å²) in [6.45, 7) is 4.11. The molecule has 0 rings (SSSR count). The van der Waals surface area contributed by atoms with Gasteiger partial charge in [-0.05, 0) is 5.92 Å². The summed E-state index contributed by atoms with van der Waals surface area (Å²) < 4.78 is 24.6. The number of hydrogen-bond acceptors (Lipinski definition) is 2. The van der Waals surface area contributed by atoms with Crippen LogP contribution in [-0.2, 0) is 9.59 Å². The van der Waals surface area contributed by atoms with Gasteiger partial charge in [0.15, 0.2) is 0 Å². The standard InChI is InChI=1S/C9H14F2O2/c1-6(2)4-7(12)5-8(13)9(3,10)11/h6H,4-5H2,1-3H3. The van der Waals surface area contributed by atoms with E-state index in [2.05, 4.69) is 0 Å². The van der Waals surface area contributed by atoms with E-state index in [1.165, 1.54) is 0 Å². The average molecular weight is 192 g/mol. The van der Waals surface area contributed by atoms with Crippen molar-refractivity contribution in [2.24, 2.45) is 5.92 Å². The Labute approximate surface area is 76.3 Å². The first-order chi connectivity index (χ1) is 5.73. The molecule has 0 aliphatic carbocycles. The molecule has 0 saturated heterocycles. The van der Waals surface area contributed by atoms with Crippen LogP contribution in [0.1, 0.15) is 33.6 Å². The molecule has 0 aliphatic rings. The second kappa shape index (κ2) is 4.44. The predicted molar refractivity (Wildman–Crippen MR) is 44.7 cm³/mol. The summed E-state index contributed by atoms with van der Waals surface area (Å²) in [6.07, 6.45) is -0.469. The van der Waals surface area contributed by atoms with E-state index in [9.17, 15) is 18.4 Å². The first-order valence-electron chi connectivity index (χ1n) is 4.16. The number of rotatable bonds is 5. The summed E-state index contributed by atoms with van der Waals surface area (Å²) >= 11 is 0. The minimum atomic E-state index is -3.38. The number of Topliss-reactive ketones (excluding diaryl/α,β-unsaturated/α-hetero) is 2. The highest BCUT2D eigenvalue weighted by Gasteiger charge is 2.32. The van der Waals surface area contributed by atoms with Gasteiger partial charge in [-0.3, -0.25) is 9.59 Å². The highest BCUT2D eigenvalue weighted by Crippen LogP contribution is 2.16. The lowest BCUT2D eigenvalue weighted by Gasteiger charge is -2.08. The van der Waals surface area contributed by atoms with Gasteiger partial charge in [0.2, 0.25) is 5.78 Å². The van der Waals surface area contributed by atoms with Gasteiger partial charge < -0.3 is 0 Å². The van der Waals surface area contributed by atoms with E-state index in [-0.39, 0.29) is 12.3 Å². The topological polar surface area (TPSA) is 34.1 Å². The van der Waals surface area contributed by atoms with Crippen molar-refractivity contribution in [1.29, 1.82) is 0 Å². The molecule has 0 radical (unpaired) electrons. The minimum Gasteiger partial charge on any atom is -0.299 e. The van der Waals surface area contributed by atoms with Gasteiger partial charge in [-0.2, -0.15) is 8.78 Å². The molecule has 0 aromatic heterocycles. The van der Waals surface area contributed by atoms with E-state index in [4.69, 9.17) is 0 Å². The van der Waals surface area contributed by atoms with E-state index in [0.717, 1.165) is 0 Å². The molecule has 2 nitrogen and oxygen atoms in total. The highest BCUT2D eigenvalue weighted by atomic mass is 19.3. The lowest BCUT2D eigenvalue weighted by atomic mass is 10.0. The Kier molecular flexibility index (Phi) is 4.17. The van der Waals surface area contributed by atoms with Crippen LogP contribution < -0.4 is 0 Å². The van der Waals surface area contributed by atoms with E-state index < -0.39 is 23.9 Å². The van der Waals surface area contributed by atoms with Crippen LogP contribution in [0.5, 0.6) is 0 Å². The minimum absolute atomic E-state index is 0.103. The van der Waals surface area contributed by atoms with Gasteiger partial charge in [-0.1, -0.05) is 13.8 Å². The average Bonchev–Trinajstić information content (AvgIpc) is 1.82. The van der Waals surface area contributed by atoms with Crippen molar-refractivity contribution < 1.29 is 18.4 Å². The molecular weight excluding hydrogens is 178 g/mol. The lowest BCUT2D eigenvalue weighted by molar-refractivity contribution is -0.143. The van der Waals surface area contributed by atoms with Gasteiger partial charge in [0.1, 0.15) is 5.78 Å². The monoisotopic (exact) mass is 192 g/mol. The zero-order chi connectivity index (χ0) is 10.6. The number of halogens is 2. The number of carbonyl (C=O) groups excluding carboxylic acids is 2. The molecule has 0 unspecified atom stereocenters. The van der Waals surface area contributed by atoms with Crippen LogP contribution in [0.4, 0.5) is 8.78 Å². The third-order valence-corrected chi connectivity index (χ3v) is 1.48. The SMILES string of the molecule is CC(C)CC(=O)CC(=O)C(C)(F)F. The lowest BCUT2D eigenvalue weighted by Crippen LogP contribution is -2.27. The fourth-order valence-corrected chi connectivity index (χ4v) is 0.862. The van der Waals surface area contributed by atoms with Crippen molar-refractivity contribution in [2.45, 2.75) is 39.5 Å². The van der Waals surface area contributed by atoms with Crippen molar-refractivity contribution in [3.63, 3.8) is 0 Å². The second-order valence-electron chi connectivity index (χ2n) is 3.62. The molecule has 0 N–H and O–H groups in total. The van der Waals surface area contributed by atoms with Crippen LogP contribution in [0.15, 0.2) is 0 Å². The van der Waals surface area contributed by atoms with E-state index >= 15 is 0 Å². The number of hydrogen-bond donors (Lipinski definition) is 0. The van der Waals surface area contributed by atoms with Gasteiger partial charge in [-0.25, -0.2) is 0 Å². The van der Waals surface area contributed by atoms with Gasteiger partial charge in [0.25, 0.3) is 0 Å². The summed E-state index contributed by atoms with van der Waals surface area (Å²) in [5, 5.41) is 0. The molecule has 0 aromatic rings. The first kappa shape index (κ1) is 12.2. The largest absolute Gasteiger partial charge is 0.302 e. The molecule has 0 saturated carbocycles. The summed E-state index contributed by atoms with van der Waals surface area (Å²) in [7, 11) is 0. The third kappa shape index (κ3) is 5.44. The molecule has 13 heavy (non-hydrogen) atoms. The highest BCUT2D eigenvalue weighted by molar-refractivity contribution is 6.02. The molecular formula is C9H14F2O2. The Hall–Kier alpha value is -0.800. The van der Waals surface area contributed by atoms with Crippen molar-refractivity contribution in [2.75, 3.05) is 0 Å². The van der Waals surface area contributed by atoms with Crippen molar-refractivity contribution >= 4 is 11.6 Å². The molecule has 0 bridgehead atoms. The molecule has 4 heteroatoms. The molecule has 0 fully saturated rings. The maximum Gasteiger partial charge on any atom is 0.302 e. The number of carbonyl (C=O) groups is 2. The number of ketones is 2. The summed E-state index contributed by atoms with van der Waals surface area (Å²) in [6, 6.07) is 0. The van der Waals surface area contributed by atoms with Crippen LogP contribution in [0, 0.1) is 5.92 Å². The van der Waals surface area contributed by atoms with E-state index in [0.29, 0.717) is 6.92 Å². The van der Waals surface area contributed by atoms with Crippen LogP contribution in [0.25, 0.3) is 0 Å². The van der Waals surface area contributed by atoms with E-state index in [1.807, 2.05) is 0 Å². The molecule has 0 heterocycles. The zero-order valence-corrected chi connectivity index (χ0v) is 8.06. The molecule has 0 spiro atoms. The fourth-order valence-electron chi connectivity index (χ4n) is 0.862. The summed E-state index contributed by atoms with van der Waals surface area (Å²) in [4.78, 5) is 21.6. The number of alkyl halides is 2. The Morgan fingerprint density at radius 1 is 1.31 bits per heavy atom. The second-order valence-corrected chi connectivity index (χ2v) is 3.62. The van der Waals surface area contributed by atoms with Crippen LogP contribution in [0.2, 0.25) is 0 Å². The Balaban J connectivity index is 4.01. The third-order valence-electron chi connectivity index (χ3n) is 1.48. The summed E-state index contributed by atoms with van der Waals surface area (Å²) in [5.41, 5.74) is 0. The zero-order valence-electron chi connectivity index (χ0n) is 8.06. The maximum atomic E-state index is 12.3. The smallest absolute Gasteiger partial charge is 0.299 e. The molecule has 0 aliphatic heterocycles. The van der Waals surface area contributed by atoms with Crippen molar-refractivity contribution in [3.8, 4) is 0 Å². The molecule has 0 atom stereocenters. The van der Waals surface area contributed by atoms with Gasteiger partial charge in [0, 0.05) is 13.3 Å². The van der Waals surface area contributed by atoms with Gasteiger partial charge >= 0.3 is 5.92 Å². The molecule has 0 aromatic carbocycles. The van der Waals surface area contributed by atoms with Crippen LogP contribution in [-0.4, -0.2) is 17.5 Å². The van der Waals surface area contributed by atoms with Crippen LogP contribution in [0.3, 0.4) is 0 Å².